The van der Waals surface area contributed by atoms with Crippen LogP contribution in [-0.4, -0.2) is 80.4 Å². The van der Waals surface area contributed by atoms with Gasteiger partial charge in [-0.05, 0) is 110 Å². The van der Waals surface area contributed by atoms with E-state index in [9.17, 15) is 0 Å². The van der Waals surface area contributed by atoms with Crippen molar-refractivity contribution in [2.75, 3.05) is 65.4 Å². The van der Waals surface area contributed by atoms with Gasteiger partial charge in [-0.1, -0.05) is 6.07 Å². The minimum Gasteiger partial charge on any atom is -0.351 e. The summed E-state index contributed by atoms with van der Waals surface area (Å²) in [6.07, 6.45) is 11.0. The fourth-order valence-corrected chi connectivity index (χ4v) is 3.57. The molecule has 210 valence electrons. The van der Waals surface area contributed by atoms with Gasteiger partial charge < -0.3 is 36.9 Å². The molecule has 3 heterocycles. The number of H-pyrrole nitrogens is 1. The zero-order chi connectivity index (χ0) is 23.8. The molecule has 0 amide bonds. The zero-order valence-corrected chi connectivity index (χ0v) is 23.4. The van der Waals surface area contributed by atoms with Crippen LogP contribution in [0, 0.1) is 0 Å². The van der Waals surface area contributed by atoms with Crippen molar-refractivity contribution in [3.05, 3.63) is 48.3 Å². The van der Waals surface area contributed by atoms with E-state index in [4.69, 9.17) is 4.98 Å². The van der Waals surface area contributed by atoms with Gasteiger partial charge in [0.1, 0.15) is 0 Å². The Morgan fingerprint density at radius 3 is 1.22 bits per heavy atom. The number of pyridine rings is 1. The number of fused-ring (bicyclic) bond motifs is 2. The average molecular weight is 601 g/mol. The minimum absolute atomic E-state index is 0. The van der Waals surface area contributed by atoms with E-state index in [0.29, 0.717) is 0 Å². The molecule has 3 rings (SSSR count). The van der Waals surface area contributed by atoms with Crippen molar-refractivity contribution in [1.82, 2.24) is 46.9 Å². The van der Waals surface area contributed by atoms with Crippen molar-refractivity contribution in [2.45, 2.75) is 45.2 Å². The molecule has 0 aliphatic carbocycles. The normalized spacial score (nSPS) is 18.3. The Kier molecular flexibility index (Phi) is 26.6. The Morgan fingerprint density at radius 1 is 0.528 bits per heavy atom. The van der Waals surface area contributed by atoms with E-state index in [0.717, 1.165) is 103 Å². The van der Waals surface area contributed by atoms with Crippen molar-refractivity contribution in [3.8, 4) is 0 Å². The minimum atomic E-state index is 0. The summed E-state index contributed by atoms with van der Waals surface area (Å²) in [7, 11) is 0. The van der Waals surface area contributed by atoms with Gasteiger partial charge in [0.15, 0.2) is 0 Å². The predicted molar refractivity (Wildman–Crippen MR) is 141 cm³/mol. The number of nitrogens with zero attached hydrogens (tertiary/aromatic N) is 2. The van der Waals surface area contributed by atoms with Crippen LogP contribution < -0.4 is 31.9 Å². The number of aromatic nitrogens is 3. The molecule has 0 fully saturated rings. The molecule has 0 spiro atoms. The fourth-order valence-electron chi connectivity index (χ4n) is 3.57. The molecule has 0 unspecified atom stereocenters. The molecule has 0 aromatic carbocycles. The van der Waals surface area contributed by atoms with Gasteiger partial charge in [-0.15, -0.1) is 0 Å². The van der Waals surface area contributed by atoms with Crippen molar-refractivity contribution in [1.29, 1.82) is 0 Å². The summed E-state index contributed by atoms with van der Waals surface area (Å²) in [5.41, 5.74) is 2.25. The van der Waals surface area contributed by atoms with Crippen LogP contribution >= 0.6 is 0 Å². The number of imidazole rings is 1. The van der Waals surface area contributed by atoms with Gasteiger partial charge in [0.2, 0.25) is 0 Å². The maximum Gasteiger partial charge on any atom is 2.00 e. The Morgan fingerprint density at radius 2 is 0.917 bits per heavy atom. The standard InChI is InChI=1S/C22H43N7.C3H4N2.2Cu/c1-7-21-19-27-17-5-15-25-13-3-11-23-9-2-10-24-12-4-14-26-16-6-18-28-20-22(8-1)29-21;1-2-5-3-4-1;;/h1,7-8,23-28H,2-6,9-20H2;1-3H,(H,4,5);;/q;;2*+2. The zero-order valence-electron chi connectivity index (χ0n) is 21.5. The Hall–Kier alpha value is -0.841. The second kappa shape index (κ2) is 27.2. The van der Waals surface area contributed by atoms with E-state index in [-0.39, 0.29) is 34.1 Å². The average Bonchev–Trinajstić information content (AvgIpc) is 3.45. The van der Waals surface area contributed by atoms with Crippen LogP contribution in [0.15, 0.2) is 36.9 Å². The van der Waals surface area contributed by atoms with Crippen molar-refractivity contribution in [2.24, 2.45) is 0 Å². The third kappa shape index (κ3) is 21.3. The van der Waals surface area contributed by atoms with Gasteiger partial charge in [0.25, 0.3) is 0 Å². The molecule has 0 saturated heterocycles. The van der Waals surface area contributed by atoms with Gasteiger partial charge in [-0.2, -0.15) is 0 Å². The van der Waals surface area contributed by atoms with Gasteiger partial charge in [0.05, 0.1) is 17.7 Å². The molecule has 11 heteroatoms. The number of hydrogen-bond donors (Lipinski definition) is 7. The van der Waals surface area contributed by atoms with E-state index < -0.39 is 0 Å². The molecule has 7 N–H and O–H groups in total. The summed E-state index contributed by atoms with van der Waals surface area (Å²) < 4.78 is 0. The van der Waals surface area contributed by atoms with E-state index in [1.54, 1.807) is 18.7 Å². The number of hydrogen-bond acceptors (Lipinski definition) is 8. The summed E-state index contributed by atoms with van der Waals surface area (Å²) in [5.74, 6) is 0. The fraction of sp³-hybridized carbons (Fsp3) is 0.680. The monoisotopic (exact) mass is 599 g/mol. The Balaban J connectivity index is 0.00000156. The topological polar surface area (TPSA) is 114 Å². The molecule has 1 aliphatic rings. The Bertz CT molecular complexity index is 621. The second-order valence-corrected chi connectivity index (χ2v) is 8.50. The molecule has 2 aromatic rings. The Labute approximate surface area is 239 Å². The molecule has 2 radical (unpaired) electrons. The van der Waals surface area contributed by atoms with Gasteiger partial charge in [0, 0.05) is 25.5 Å². The van der Waals surface area contributed by atoms with Crippen LogP contribution in [0.4, 0.5) is 0 Å². The molecule has 9 nitrogen and oxygen atoms in total. The first-order chi connectivity index (χ1) is 16.9. The van der Waals surface area contributed by atoms with Crippen LogP contribution in [0.25, 0.3) is 0 Å². The largest absolute Gasteiger partial charge is 2.00 e. The van der Waals surface area contributed by atoms with Crippen LogP contribution in [0.3, 0.4) is 0 Å². The predicted octanol–water partition coefficient (Wildman–Crippen LogP) is 0.988. The number of nitrogens with one attached hydrogen (secondary N) is 7. The SMILES string of the molecule is [Cu+2].[Cu+2].c1c[nH]cn1.c1cc2nc(c1)CNCCCNCCCNCCCNCCCNCCCNC2. The molecule has 1 aliphatic heterocycles. The van der Waals surface area contributed by atoms with Crippen molar-refractivity contribution < 1.29 is 34.1 Å². The smallest absolute Gasteiger partial charge is 0.351 e. The van der Waals surface area contributed by atoms with Gasteiger partial charge >= 0.3 is 34.1 Å². The maximum absolute atomic E-state index is 4.75. The first kappa shape index (κ1) is 35.2. The quantitative estimate of drug-likeness (QED) is 0.224. The van der Waals surface area contributed by atoms with E-state index in [1.807, 2.05) is 0 Å². The summed E-state index contributed by atoms with van der Waals surface area (Å²) >= 11 is 0. The number of rotatable bonds is 0. The molecular weight excluding hydrogens is 553 g/mol. The van der Waals surface area contributed by atoms with Crippen LogP contribution in [0.5, 0.6) is 0 Å². The molecule has 0 atom stereocenters. The van der Waals surface area contributed by atoms with E-state index >= 15 is 0 Å². The molecule has 36 heavy (non-hydrogen) atoms. The molecule has 0 saturated carbocycles. The second-order valence-electron chi connectivity index (χ2n) is 8.50. The number of aromatic amines is 1. The van der Waals surface area contributed by atoms with E-state index in [2.05, 4.69) is 60.1 Å². The molecule has 2 aromatic heterocycles. The van der Waals surface area contributed by atoms with Crippen LogP contribution in [0.1, 0.15) is 43.5 Å². The summed E-state index contributed by atoms with van der Waals surface area (Å²) in [6.45, 7) is 12.5. The molecule has 2 bridgehead atoms. The van der Waals surface area contributed by atoms with Crippen LogP contribution in [0.2, 0.25) is 0 Å². The first-order valence-electron chi connectivity index (χ1n) is 13.1. The first-order valence-corrected chi connectivity index (χ1v) is 13.1. The van der Waals surface area contributed by atoms with Crippen molar-refractivity contribution >= 4 is 0 Å². The van der Waals surface area contributed by atoms with Gasteiger partial charge in [-0.3, -0.25) is 4.98 Å². The van der Waals surface area contributed by atoms with Crippen LogP contribution in [-0.2, 0) is 47.2 Å². The third-order valence-electron chi connectivity index (χ3n) is 5.42. The van der Waals surface area contributed by atoms with E-state index in [1.165, 1.54) is 19.3 Å². The van der Waals surface area contributed by atoms with Gasteiger partial charge in [-0.25, -0.2) is 4.98 Å². The summed E-state index contributed by atoms with van der Waals surface area (Å²) in [6, 6.07) is 6.33. The summed E-state index contributed by atoms with van der Waals surface area (Å²) in [4.78, 5) is 11.2. The molecular formula is C25H47Cu2N9+4. The maximum atomic E-state index is 4.75. The third-order valence-corrected chi connectivity index (χ3v) is 5.42. The van der Waals surface area contributed by atoms with Crippen molar-refractivity contribution in [3.63, 3.8) is 0 Å². The summed E-state index contributed by atoms with van der Waals surface area (Å²) in [5, 5.41) is 21.1.